The number of aryl methyl sites for hydroxylation is 1. The predicted octanol–water partition coefficient (Wildman–Crippen LogP) is 2.85. The van der Waals surface area contributed by atoms with E-state index in [-0.39, 0.29) is 17.1 Å². The second-order valence-corrected chi connectivity index (χ2v) is 3.37. The van der Waals surface area contributed by atoms with Crippen molar-refractivity contribution in [3.63, 3.8) is 0 Å². The first kappa shape index (κ1) is 12.8. The van der Waals surface area contributed by atoms with Gasteiger partial charge in [0.05, 0.1) is 29.8 Å². The minimum absolute atomic E-state index is 0.00247. The molecule has 0 fully saturated rings. The molecule has 1 aromatic rings. The molecule has 3 nitrogen and oxygen atoms in total. The van der Waals surface area contributed by atoms with Gasteiger partial charge in [0.1, 0.15) is 0 Å². The standard InChI is InChI=1S/C10H10ClF2NO2/c1-5-4-14-6(3-11)8(9(12)13)7(5)10(15)16-2/h4,9H,3H2,1-2H3. The van der Waals surface area contributed by atoms with Crippen molar-refractivity contribution in [1.29, 1.82) is 0 Å². The van der Waals surface area contributed by atoms with E-state index in [9.17, 15) is 13.6 Å². The van der Waals surface area contributed by atoms with Crippen LogP contribution in [0.1, 0.15) is 33.6 Å². The van der Waals surface area contributed by atoms with E-state index >= 15 is 0 Å². The molecule has 0 saturated heterocycles. The van der Waals surface area contributed by atoms with Crippen molar-refractivity contribution in [3.8, 4) is 0 Å². The highest BCUT2D eigenvalue weighted by Crippen LogP contribution is 2.29. The fraction of sp³-hybridized carbons (Fsp3) is 0.400. The molecule has 0 atom stereocenters. The van der Waals surface area contributed by atoms with E-state index in [2.05, 4.69) is 9.72 Å². The molecule has 6 heteroatoms. The summed E-state index contributed by atoms with van der Waals surface area (Å²) in [6.07, 6.45) is -1.48. The van der Waals surface area contributed by atoms with Gasteiger partial charge in [-0.25, -0.2) is 13.6 Å². The van der Waals surface area contributed by atoms with Crippen molar-refractivity contribution in [2.75, 3.05) is 7.11 Å². The molecule has 0 aliphatic heterocycles. The smallest absolute Gasteiger partial charge is 0.338 e. The topological polar surface area (TPSA) is 39.2 Å². The molecule has 0 aliphatic carbocycles. The summed E-state index contributed by atoms with van der Waals surface area (Å²) >= 11 is 5.50. The molecule has 0 aromatic carbocycles. The van der Waals surface area contributed by atoms with Crippen LogP contribution in [0.3, 0.4) is 0 Å². The summed E-state index contributed by atoms with van der Waals surface area (Å²) in [5, 5.41) is 0. The van der Waals surface area contributed by atoms with E-state index < -0.39 is 18.0 Å². The van der Waals surface area contributed by atoms with Crippen LogP contribution in [0.25, 0.3) is 0 Å². The lowest BCUT2D eigenvalue weighted by Gasteiger charge is -2.12. The van der Waals surface area contributed by atoms with Crippen LogP contribution in [0.5, 0.6) is 0 Å². The molecule has 16 heavy (non-hydrogen) atoms. The molecule has 88 valence electrons. The summed E-state index contributed by atoms with van der Waals surface area (Å²) in [5.41, 5.74) is -0.247. The van der Waals surface area contributed by atoms with Crippen LogP contribution >= 0.6 is 11.6 Å². The van der Waals surface area contributed by atoms with Crippen molar-refractivity contribution < 1.29 is 18.3 Å². The average molecular weight is 250 g/mol. The van der Waals surface area contributed by atoms with Gasteiger partial charge in [0.2, 0.25) is 0 Å². The van der Waals surface area contributed by atoms with Gasteiger partial charge in [-0.3, -0.25) is 4.98 Å². The number of esters is 1. The number of alkyl halides is 3. The zero-order valence-electron chi connectivity index (χ0n) is 8.76. The molecule has 0 spiro atoms. The molecule has 0 bridgehead atoms. The average Bonchev–Trinajstić information content (AvgIpc) is 2.27. The molecular formula is C10H10ClF2NO2. The number of nitrogens with zero attached hydrogens (tertiary/aromatic N) is 1. The van der Waals surface area contributed by atoms with Gasteiger partial charge in [0.25, 0.3) is 6.43 Å². The quantitative estimate of drug-likeness (QED) is 0.611. The Kier molecular flexibility index (Phi) is 4.18. The number of halogens is 3. The van der Waals surface area contributed by atoms with Gasteiger partial charge in [0.15, 0.2) is 0 Å². The van der Waals surface area contributed by atoms with Crippen molar-refractivity contribution >= 4 is 17.6 Å². The Morgan fingerprint density at radius 3 is 2.69 bits per heavy atom. The minimum Gasteiger partial charge on any atom is -0.465 e. The Hall–Kier alpha value is -1.23. The van der Waals surface area contributed by atoms with Crippen LogP contribution in [-0.2, 0) is 10.6 Å². The van der Waals surface area contributed by atoms with Crippen LogP contribution in [0.4, 0.5) is 8.78 Å². The first-order valence-electron chi connectivity index (χ1n) is 4.43. The third-order valence-corrected chi connectivity index (χ3v) is 2.38. The van der Waals surface area contributed by atoms with E-state index in [1.165, 1.54) is 13.1 Å². The highest BCUT2D eigenvalue weighted by atomic mass is 35.5. The van der Waals surface area contributed by atoms with Gasteiger partial charge in [-0.1, -0.05) is 0 Å². The number of hydrogen-bond donors (Lipinski definition) is 0. The van der Waals surface area contributed by atoms with Gasteiger partial charge < -0.3 is 4.74 Å². The third-order valence-electron chi connectivity index (χ3n) is 2.12. The summed E-state index contributed by atoms with van der Waals surface area (Å²) in [6.45, 7) is 1.52. The highest BCUT2D eigenvalue weighted by molar-refractivity contribution is 6.17. The Morgan fingerprint density at radius 1 is 1.62 bits per heavy atom. The summed E-state index contributed by atoms with van der Waals surface area (Å²) in [5.74, 6) is -0.981. The molecule has 0 N–H and O–H groups in total. The Labute approximate surface area is 96.4 Å². The van der Waals surface area contributed by atoms with Crippen LogP contribution in [0, 0.1) is 6.92 Å². The van der Waals surface area contributed by atoms with Crippen LogP contribution < -0.4 is 0 Å². The summed E-state index contributed by atoms with van der Waals surface area (Å²) in [6, 6.07) is 0. The molecule has 0 saturated carbocycles. The maximum atomic E-state index is 12.8. The molecule has 1 heterocycles. The van der Waals surface area contributed by atoms with E-state index in [0.717, 1.165) is 7.11 Å². The number of pyridine rings is 1. The number of ether oxygens (including phenoxy) is 1. The first-order chi connectivity index (χ1) is 7.52. The van der Waals surface area contributed by atoms with E-state index in [1.807, 2.05) is 0 Å². The molecule has 0 amide bonds. The number of methoxy groups -OCH3 is 1. The van der Waals surface area contributed by atoms with Gasteiger partial charge in [-0.05, 0) is 12.5 Å². The lowest BCUT2D eigenvalue weighted by molar-refractivity contribution is 0.0587. The maximum absolute atomic E-state index is 12.8. The lowest BCUT2D eigenvalue weighted by atomic mass is 10.0. The number of rotatable bonds is 3. The van der Waals surface area contributed by atoms with Crippen LogP contribution in [0.2, 0.25) is 0 Å². The third kappa shape index (κ3) is 2.29. The number of carbonyl (C=O) groups excluding carboxylic acids is 1. The second kappa shape index (κ2) is 5.21. The predicted molar refractivity (Wildman–Crippen MR) is 54.8 cm³/mol. The van der Waals surface area contributed by atoms with Crippen molar-refractivity contribution in [2.24, 2.45) is 0 Å². The van der Waals surface area contributed by atoms with Gasteiger partial charge in [-0.2, -0.15) is 0 Å². The zero-order chi connectivity index (χ0) is 12.3. The lowest BCUT2D eigenvalue weighted by Crippen LogP contribution is -2.12. The van der Waals surface area contributed by atoms with Crippen molar-refractivity contribution in [1.82, 2.24) is 4.98 Å². The van der Waals surface area contributed by atoms with Gasteiger partial charge in [0, 0.05) is 6.20 Å². The van der Waals surface area contributed by atoms with Gasteiger partial charge in [-0.15, -0.1) is 11.6 Å². The largest absolute Gasteiger partial charge is 0.465 e. The molecule has 1 aromatic heterocycles. The van der Waals surface area contributed by atoms with Crippen LogP contribution in [0.15, 0.2) is 6.20 Å². The highest BCUT2D eigenvalue weighted by Gasteiger charge is 2.25. The van der Waals surface area contributed by atoms with E-state index in [1.54, 1.807) is 0 Å². The molecular weight excluding hydrogens is 240 g/mol. The van der Waals surface area contributed by atoms with E-state index in [4.69, 9.17) is 11.6 Å². The number of carbonyl (C=O) groups is 1. The summed E-state index contributed by atoms with van der Waals surface area (Å²) in [4.78, 5) is 15.2. The van der Waals surface area contributed by atoms with Crippen molar-refractivity contribution in [3.05, 3.63) is 28.6 Å². The Morgan fingerprint density at radius 2 is 2.25 bits per heavy atom. The Bertz CT molecular complexity index is 410. The van der Waals surface area contributed by atoms with Crippen molar-refractivity contribution in [2.45, 2.75) is 19.2 Å². The molecule has 0 unspecified atom stereocenters. The molecule has 0 radical (unpaired) electrons. The minimum atomic E-state index is -2.81. The fourth-order valence-corrected chi connectivity index (χ4v) is 1.59. The second-order valence-electron chi connectivity index (χ2n) is 3.10. The number of aromatic nitrogens is 1. The van der Waals surface area contributed by atoms with Crippen LogP contribution in [-0.4, -0.2) is 18.1 Å². The normalized spacial score (nSPS) is 10.6. The Balaban J connectivity index is 3.48. The van der Waals surface area contributed by atoms with Gasteiger partial charge >= 0.3 is 5.97 Å². The van der Waals surface area contributed by atoms with E-state index in [0.29, 0.717) is 5.56 Å². The summed E-state index contributed by atoms with van der Waals surface area (Å²) in [7, 11) is 1.14. The first-order valence-corrected chi connectivity index (χ1v) is 4.97. The summed E-state index contributed by atoms with van der Waals surface area (Å²) < 4.78 is 30.2. The maximum Gasteiger partial charge on any atom is 0.338 e. The SMILES string of the molecule is COC(=O)c1c(C)cnc(CCl)c1C(F)F. The zero-order valence-corrected chi connectivity index (χ0v) is 9.52. The molecule has 1 rings (SSSR count). The molecule has 0 aliphatic rings. The number of hydrogen-bond acceptors (Lipinski definition) is 3. The fourth-order valence-electron chi connectivity index (χ4n) is 1.38. The monoisotopic (exact) mass is 249 g/mol.